The largest absolute Gasteiger partial charge is 0.350 e. The molecule has 1 fully saturated rings. The van der Waals surface area contributed by atoms with Crippen molar-refractivity contribution in [2.24, 2.45) is 5.92 Å². The average Bonchev–Trinajstić information content (AvgIpc) is 2.69. The lowest BCUT2D eigenvalue weighted by molar-refractivity contribution is -0.135. The fourth-order valence-corrected chi connectivity index (χ4v) is 2.85. The molecule has 1 saturated heterocycles. The van der Waals surface area contributed by atoms with Crippen molar-refractivity contribution in [3.63, 3.8) is 0 Å². The highest BCUT2D eigenvalue weighted by Crippen LogP contribution is 2.24. The van der Waals surface area contributed by atoms with Gasteiger partial charge in [-0.3, -0.25) is 14.5 Å². The minimum absolute atomic E-state index is 0.200. The second kappa shape index (κ2) is 6.98. The van der Waals surface area contributed by atoms with Crippen LogP contribution in [0.2, 0.25) is 0 Å². The van der Waals surface area contributed by atoms with E-state index in [0.29, 0.717) is 6.42 Å². The van der Waals surface area contributed by atoms with Crippen molar-refractivity contribution < 1.29 is 18.8 Å². The van der Waals surface area contributed by atoms with Crippen molar-refractivity contribution in [3.05, 3.63) is 35.6 Å². The summed E-state index contributed by atoms with van der Waals surface area (Å²) in [5, 5.41) is 5.28. The van der Waals surface area contributed by atoms with Gasteiger partial charge < -0.3 is 10.6 Å². The lowest BCUT2D eigenvalue weighted by Crippen LogP contribution is -2.46. The highest BCUT2D eigenvalue weighted by atomic mass is 19.1. The molecular formula is C17H22FN3O3. The quantitative estimate of drug-likeness (QED) is 0.778. The van der Waals surface area contributed by atoms with Crippen LogP contribution in [0.15, 0.2) is 24.3 Å². The number of carbonyl (C=O) groups excluding carboxylic acids is 3. The minimum atomic E-state index is -0.970. The molecule has 1 atom stereocenters. The van der Waals surface area contributed by atoms with Crippen LogP contribution in [0.1, 0.15) is 32.8 Å². The molecule has 1 aliphatic heterocycles. The van der Waals surface area contributed by atoms with Gasteiger partial charge in [0.25, 0.3) is 5.91 Å². The van der Waals surface area contributed by atoms with Crippen LogP contribution in [0.3, 0.4) is 0 Å². The Balaban J connectivity index is 1.92. The van der Waals surface area contributed by atoms with E-state index in [4.69, 9.17) is 0 Å². The van der Waals surface area contributed by atoms with Crippen LogP contribution in [0.25, 0.3) is 0 Å². The van der Waals surface area contributed by atoms with Crippen LogP contribution in [0.4, 0.5) is 9.18 Å². The van der Waals surface area contributed by atoms with Crippen molar-refractivity contribution >= 4 is 17.8 Å². The molecule has 0 aromatic heterocycles. The molecule has 24 heavy (non-hydrogen) atoms. The van der Waals surface area contributed by atoms with Crippen LogP contribution in [-0.2, 0) is 16.1 Å². The molecule has 4 amide bonds. The Kier molecular flexibility index (Phi) is 5.21. The number of rotatable bonds is 6. The minimum Gasteiger partial charge on any atom is -0.350 e. The lowest BCUT2D eigenvalue weighted by atomic mass is 9.91. The predicted octanol–water partition coefficient (Wildman–Crippen LogP) is 1.80. The fourth-order valence-electron chi connectivity index (χ4n) is 2.85. The molecule has 1 aliphatic rings. The van der Waals surface area contributed by atoms with Gasteiger partial charge in [0, 0.05) is 6.54 Å². The summed E-state index contributed by atoms with van der Waals surface area (Å²) in [4.78, 5) is 37.4. The zero-order valence-electron chi connectivity index (χ0n) is 14.1. The molecule has 0 spiro atoms. The molecule has 0 aliphatic carbocycles. The van der Waals surface area contributed by atoms with Gasteiger partial charge in [-0.25, -0.2) is 9.18 Å². The Hall–Kier alpha value is -2.44. The molecule has 0 saturated carbocycles. The molecule has 2 N–H and O–H groups in total. The zero-order valence-corrected chi connectivity index (χ0v) is 14.1. The normalized spacial score (nSPS) is 20.5. The molecule has 7 heteroatoms. The summed E-state index contributed by atoms with van der Waals surface area (Å²) in [5.74, 6) is -0.963. The first-order valence-electron chi connectivity index (χ1n) is 7.86. The number of halogens is 1. The average molecular weight is 335 g/mol. The van der Waals surface area contributed by atoms with E-state index < -0.39 is 23.4 Å². The summed E-state index contributed by atoms with van der Waals surface area (Å²) in [6.45, 7) is 5.46. The highest BCUT2D eigenvalue weighted by Gasteiger charge is 2.48. The van der Waals surface area contributed by atoms with Gasteiger partial charge in [-0.1, -0.05) is 26.0 Å². The molecule has 1 aromatic rings. The van der Waals surface area contributed by atoms with Gasteiger partial charge in [-0.15, -0.1) is 0 Å². The van der Waals surface area contributed by atoms with Crippen LogP contribution in [0.5, 0.6) is 0 Å². The first-order chi connectivity index (χ1) is 11.2. The van der Waals surface area contributed by atoms with Gasteiger partial charge in [0.05, 0.1) is 0 Å². The zero-order chi connectivity index (χ0) is 17.9. The molecule has 0 unspecified atom stereocenters. The van der Waals surface area contributed by atoms with Gasteiger partial charge in [-0.2, -0.15) is 0 Å². The number of hydrogen-bond acceptors (Lipinski definition) is 3. The summed E-state index contributed by atoms with van der Waals surface area (Å²) in [7, 11) is 0. The third-order valence-corrected chi connectivity index (χ3v) is 3.87. The smallest absolute Gasteiger partial charge is 0.325 e. The van der Waals surface area contributed by atoms with E-state index in [0.717, 1.165) is 10.5 Å². The Morgan fingerprint density at radius 3 is 2.50 bits per heavy atom. The maximum atomic E-state index is 12.8. The van der Waals surface area contributed by atoms with Crippen LogP contribution < -0.4 is 10.6 Å². The molecule has 1 aromatic carbocycles. The summed E-state index contributed by atoms with van der Waals surface area (Å²) in [6, 6.07) is 5.17. The summed E-state index contributed by atoms with van der Waals surface area (Å²) in [5.41, 5.74) is -0.241. The Bertz CT molecular complexity index is 645. The van der Waals surface area contributed by atoms with Crippen molar-refractivity contribution in [2.75, 3.05) is 6.54 Å². The first kappa shape index (κ1) is 17.9. The number of urea groups is 1. The maximum absolute atomic E-state index is 12.8. The topological polar surface area (TPSA) is 78.5 Å². The molecular weight excluding hydrogens is 313 g/mol. The van der Waals surface area contributed by atoms with Crippen molar-refractivity contribution in [1.29, 1.82) is 0 Å². The third kappa shape index (κ3) is 4.10. The molecule has 6 nitrogen and oxygen atoms in total. The molecule has 0 bridgehead atoms. The number of nitrogens with one attached hydrogen (secondary N) is 2. The molecule has 1 heterocycles. The SMILES string of the molecule is CC(C)C[C@]1(C)NC(=O)N(CC(=O)NCc2ccc(F)cc2)C1=O. The maximum Gasteiger partial charge on any atom is 0.325 e. The molecule has 130 valence electrons. The fraction of sp³-hybridized carbons (Fsp3) is 0.471. The Morgan fingerprint density at radius 1 is 1.29 bits per heavy atom. The van der Waals surface area contributed by atoms with E-state index in [-0.39, 0.29) is 24.8 Å². The standard InChI is InChI=1S/C17H22FN3O3/c1-11(2)8-17(3)15(23)21(16(24)20-17)10-14(22)19-9-12-4-6-13(18)7-5-12/h4-7,11H,8-10H2,1-3H3,(H,19,22)(H,20,24)/t17-/m0/s1. The van der Waals surface area contributed by atoms with E-state index >= 15 is 0 Å². The summed E-state index contributed by atoms with van der Waals surface area (Å²) in [6.07, 6.45) is 0.505. The van der Waals surface area contributed by atoms with Gasteiger partial charge >= 0.3 is 6.03 Å². The summed E-state index contributed by atoms with van der Waals surface area (Å²) < 4.78 is 12.8. The van der Waals surface area contributed by atoms with Crippen molar-refractivity contribution in [3.8, 4) is 0 Å². The van der Waals surface area contributed by atoms with Gasteiger partial charge in [0.2, 0.25) is 5.91 Å². The van der Waals surface area contributed by atoms with E-state index in [9.17, 15) is 18.8 Å². The van der Waals surface area contributed by atoms with E-state index in [1.54, 1.807) is 19.1 Å². The van der Waals surface area contributed by atoms with Gasteiger partial charge in [0.15, 0.2) is 0 Å². The number of imide groups is 1. The number of amides is 4. The summed E-state index contributed by atoms with van der Waals surface area (Å²) >= 11 is 0. The van der Waals surface area contributed by atoms with Crippen LogP contribution >= 0.6 is 0 Å². The Morgan fingerprint density at radius 2 is 1.92 bits per heavy atom. The van der Waals surface area contributed by atoms with Crippen LogP contribution in [-0.4, -0.2) is 34.8 Å². The monoisotopic (exact) mass is 335 g/mol. The van der Waals surface area contributed by atoms with Crippen molar-refractivity contribution in [1.82, 2.24) is 15.5 Å². The lowest BCUT2D eigenvalue weighted by Gasteiger charge is -2.23. The van der Waals surface area contributed by atoms with E-state index in [1.807, 2.05) is 13.8 Å². The molecule has 0 radical (unpaired) electrons. The van der Waals surface area contributed by atoms with E-state index in [1.165, 1.54) is 12.1 Å². The second-order valence-electron chi connectivity index (χ2n) is 6.65. The molecule has 2 rings (SSSR count). The van der Waals surface area contributed by atoms with Gasteiger partial charge in [0.1, 0.15) is 17.9 Å². The van der Waals surface area contributed by atoms with Crippen LogP contribution in [0, 0.1) is 11.7 Å². The number of benzene rings is 1. The number of carbonyl (C=O) groups is 3. The highest BCUT2D eigenvalue weighted by molar-refractivity contribution is 6.08. The first-order valence-corrected chi connectivity index (χ1v) is 7.86. The van der Waals surface area contributed by atoms with E-state index in [2.05, 4.69) is 10.6 Å². The second-order valence-corrected chi connectivity index (χ2v) is 6.65. The predicted molar refractivity (Wildman–Crippen MR) is 86.4 cm³/mol. The third-order valence-electron chi connectivity index (χ3n) is 3.87. The Labute approximate surface area is 140 Å². The van der Waals surface area contributed by atoms with Gasteiger partial charge in [-0.05, 0) is 37.0 Å². The number of hydrogen-bond donors (Lipinski definition) is 2. The van der Waals surface area contributed by atoms with Crippen molar-refractivity contribution in [2.45, 2.75) is 39.3 Å². The number of nitrogens with zero attached hydrogens (tertiary/aromatic N) is 1.